The normalized spacial score (nSPS) is 24.5. The van der Waals surface area contributed by atoms with Gasteiger partial charge in [0.1, 0.15) is 53.6 Å². The lowest BCUT2D eigenvalue weighted by Crippen LogP contribution is -2.35. The van der Waals surface area contributed by atoms with Crippen LogP contribution in [0.1, 0.15) is 140 Å². The molecule has 15 nitrogen and oxygen atoms in total. The Morgan fingerprint density at radius 1 is 0.982 bits per heavy atom. The van der Waals surface area contributed by atoms with Crippen LogP contribution in [-0.2, 0) is 34.4 Å². The number of hydrogen-bond acceptors (Lipinski definition) is 13. The van der Waals surface area contributed by atoms with E-state index in [0.717, 1.165) is 19.3 Å². The minimum atomic E-state index is -4.81. The second kappa shape index (κ2) is 21.1. The molecule has 1 aliphatic heterocycles. The zero-order valence-corrected chi connectivity index (χ0v) is 33.9. The number of hydrogen-bond donors (Lipinski definition) is 4. The van der Waals surface area contributed by atoms with Gasteiger partial charge in [0.25, 0.3) is 0 Å². The van der Waals surface area contributed by atoms with Crippen molar-refractivity contribution in [3.63, 3.8) is 0 Å². The van der Waals surface area contributed by atoms with Crippen molar-refractivity contribution in [2.75, 3.05) is 25.6 Å². The number of unbranched alkanes of at least 4 members (excludes halogenated alkanes) is 15. The van der Waals surface area contributed by atoms with Crippen molar-refractivity contribution in [1.82, 2.24) is 19.6 Å². The molecule has 7 atom stereocenters. The summed E-state index contributed by atoms with van der Waals surface area (Å²) in [6.45, 7) is 3.94. The van der Waals surface area contributed by atoms with Crippen molar-refractivity contribution in [2.24, 2.45) is 0 Å². The highest BCUT2D eigenvalue weighted by atomic mass is 31.2. The van der Waals surface area contributed by atoms with Crippen LogP contribution in [0.2, 0.25) is 0 Å². The van der Waals surface area contributed by atoms with Crippen LogP contribution in [0.5, 0.6) is 0 Å². The maximum Gasteiger partial charge on any atom is 0.472 e. The van der Waals surface area contributed by atoms with Crippen LogP contribution in [0.3, 0.4) is 0 Å². The first-order chi connectivity index (χ1) is 27.0. The average Bonchev–Trinajstić information content (AvgIpc) is 3.44. The van der Waals surface area contributed by atoms with Gasteiger partial charge in [0.05, 0.1) is 31.2 Å². The Hall–Kier alpha value is -3.03. The number of nitrogen functional groups attached to an aromatic ring is 1. The van der Waals surface area contributed by atoms with Gasteiger partial charge < -0.3 is 35.1 Å². The Labute approximate surface area is 330 Å². The minimum absolute atomic E-state index is 0.00932. The summed E-state index contributed by atoms with van der Waals surface area (Å²) in [5, 5.41) is 36.0. The lowest BCUT2D eigenvalue weighted by Gasteiger charge is -2.24. The number of aliphatic hydroxyl groups is 2. The van der Waals surface area contributed by atoms with E-state index in [9.17, 15) is 24.9 Å². The lowest BCUT2D eigenvalue weighted by molar-refractivity contribution is -0.0837. The van der Waals surface area contributed by atoms with Crippen molar-refractivity contribution in [3.8, 4) is 6.07 Å². The number of nitriles is 1. The van der Waals surface area contributed by atoms with E-state index in [1.165, 1.54) is 101 Å². The molecule has 2 aliphatic rings. The molecule has 0 bridgehead atoms. The van der Waals surface area contributed by atoms with Crippen LogP contribution in [0, 0.1) is 11.3 Å². The Morgan fingerprint density at radius 3 is 2.23 bits per heavy atom. The summed E-state index contributed by atoms with van der Waals surface area (Å²) < 4.78 is 43.3. The first kappa shape index (κ1) is 44.1. The van der Waals surface area contributed by atoms with Crippen molar-refractivity contribution >= 4 is 19.2 Å². The third-order valence-electron chi connectivity index (χ3n) is 11.0. The van der Waals surface area contributed by atoms with Crippen LogP contribution in [0.25, 0.3) is 5.52 Å². The minimum Gasteiger partial charge on any atom is -0.387 e. The number of phosphoric ester groups is 1. The molecule has 1 saturated heterocycles. The molecule has 5 rings (SSSR count). The Morgan fingerprint density at radius 2 is 1.62 bits per heavy atom. The molecule has 3 aromatic rings. The molecular formula is C40H61N6O9P. The Bertz CT molecular complexity index is 1760. The van der Waals surface area contributed by atoms with Crippen molar-refractivity contribution in [2.45, 2.75) is 159 Å². The van der Waals surface area contributed by atoms with Gasteiger partial charge in [-0.3, -0.25) is 9.05 Å². The van der Waals surface area contributed by atoms with Crippen LogP contribution in [0.4, 0.5) is 5.82 Å². The van der Waals surface area contributed by atoms with E-state index in [4.69, 9.17) is 29.0 Å². The van der Waals surface area contributed by atoms with Gasteiger partial charge >= 0.3 is 7.82 Å². The summed E-state index contributed by atoms with van der Waals surface area (Å²) in [7, 11) is -4.81. The van der Waals surface area contributed by atoms with Crippen molar-refractivity contribution in [3.05, 3.63) is 53.7 Å². The summed E-state index contributed by atoms with van der Waals surface area (Å²) in [4.78, 5) is 18.9. The highest BCUT2D eigenvalue weighted by Gasteiger charge is 2.87. The molecule has 1 aliphatic carbocycles. The Balaban J connectivity index is 1.02. The number of nitrogens with two attached hydrogens (primary N) is 1. The van der Waals surface area contributed by atoms with E-state index in [0.29, 0.717) is 23.5 Å². The van der Waals surface area contributed by atoms with Crippen LogP contribution >= 0.6 is 7.82 Å². The lowest BCUT2D eigenvalue weighted by atomic mass is 10.0. The van der Waals surface area contributed by atoms with E-state index in [2.05, 4.69) is 22.0 Å². The van der Waals surface area contributed by atoms with Gasteiger partial charge in [-0.25, -0.2) is 19.0 Å². The molecule has 1 unspecified atom stereocenters. The maximum absolute atomic E-state index is 13.2. The fraction of sp³-hybridized carbons (Fsp3) is 0.700. The molecule has 1 saturated carbocycles. The largest absolute Gasteiger partial charge is 0.472 e. The summed E-state index contributed by atoms with van der Waals surface area (Å²) in [5.41, 5.74) is 4.06. The second-order valence-electron chi connectivity index (χ2n) is 15.3. The predicted molar refractivity (Wildman–Crippen MR) is 209 cm³/mol. The highest BCUT2D eigenvalue weighted by molar-refractivity contribution is 7.47. The highest BCUT2D eigenvalue weighted by Crippen LogP contribution is 2.68. The molecule has 4 heterocycles. The third-order valence-corrected chi connectivity index (χ3v) is 12.0. The average molecular weight is 801 g/mol. The predicted octanol–water partition coefficient (Wildman–Crippen LogP) is 6.88. The molecule has 2 fully saturated rings. The van der Waals surface area contributed by atoms with Crippen LogP contribution < -0.4 is 5.73 Å². The number of phosphoric acid groups is 1. The zero-order chi connectivity index (χ0) is 40.0. The first-order valence-corrected chi connectivity index (χ1v) is 21.9. The van der Waals surface area contributed by atoms with Crippen LogP contribution in [0.15, 0.2) is 36.7 Å². The molecule has 16 heteroatoms. The molecule has 0 radical (unpaired) electrons. The molecule has 0 amide bonds. The van der Waals surface area contributed by atoms with Gasteiger partial charge in [0, 0.05) is 6.61 Å². The fourth-order valence-electron chi connectivity index (χ4n) is 7.59. The summed E-state index contributed by atoms with van der Waals surface area (Å²) >= 11 is 0. The number of fused-ring (bicyclic) bond motifs is 2. The third kappa shape index (κ3) is 11.3. The second-order valence-corrected chi connectivity index (χ2v) is 16.7. The van der Waals surface area contributed by atoms with E-state index < -0.39 is 43.4 Å². The van der Waals surface area contributed by atoms with Crippen molar-refractivity contribution < 1.29 is 42.9 Å². The molecule has 0 spiro atoms. The van der Waals surface area contributed by atoms with Crippen molar-refractivity contribution in [1.29, 1.82) is 5.26 Å². The summed E-state index contributed by atoms with van der Waals surface area (Å²) in [5.74, 6) is 0.230. The van der Waals surface area contributed by atoms with E-state index in [1.54, 1.807) is 30.3 Å². The first-order valence-electron chi connectivity index (χ1n) is 20.4. The van der Waals surface area contributed by atoms with Crippen LogP contribution in [-0.4, -0.2) is 84.0 Å². The van der Waals surface area contributed by atoms with Gasteiger partial charge in [-0.2, -0.15) is 10.4 Å². The van der Waals surface area contributed by atoms with E-state index in [1.807, 2.05) is 6.07 Å². The molecule has 3 aromatic heterocycles. The topological polar surface area (TPSA) is 217 Å². The van der Waals surface area contributed by atoms with Gasteiger partial charge in [-0.15, -0.1) is 0 Å². The number of anilines is 1. The number of aliphatic hydroxyl groups excluding tert-OH is 1. The monoisotopic (exact) mass is 800 g/mol. The number of ether oxygens (including phenoxy) is 3. The molecule has 0 aromatic carbocycles. The Kier molecular flexibility index (Phi) is 16.6. The number of pyridine rings is 1. The molecule has 5 N–H and O–H groups in total. The molecular weight excluding hydrogens is 739 g/mol. The fourth-order valence-corrected chi connectivity index (χ4v) is 8.64. The number of rotatable bonds is 28. The summed E-state index contributed by atoms with van der Waals surface area (Å²) in [6.07, 6.45) is 17.0. The smallest absolute Gasteiger partial charge is 0.387 e. The van der Waals surface area contributed by atoms with Gasteiger partial charge in [-0.05, 0) is 37.6 Å². The SMILES string of the molecule is CCCCCCCCCCCCCCCCCCOC[C@H](COP(=O)(O)O[C@H]1[C@]2(O)[C@@H](O)[C@@H](c3ccc4c(N)ncnn34)O[C@]12C)OCc1cccc(C#N)n1. The summed E-state index contributed by atoms with van der Waals surface area (Å²) in [6, 6.07) is 10.3. The molecule has 310 valence electrons. The quantitative estimate of drug-likeness (QED) is 0.0435. The number of nitrogens with zero attached hydrogens (tertiary/aromatic N) is 5. The van der Waals surface area contributed by atoms with Gasteiger partial charge in [0.15, 0.2) is 11.4 Å². The maximum atomic E-state index is 13.2. The standard InChI is InChI=1S/C40H61N6O9P/c1-3-4-5-6-7-8-9-10-11-12-13-14-15-16-17-18-24-51-27-32(52-26-31-21-19-20-30(25-41)45-31)28-53-56(49,50)55-38-39(2)40(38,48)36(47)35(54-39)33-22-23-34-37(42)43-29-44-46(33)34/h19-23,29,32,35-36,38,47-48H,3-18,24,26-28H2,1-2H3,(H,49,50)(H2,42,43,44)/t32-,35-,36+,38-,39-,40-/m1/s1. The van der Waals surface area contributed by atoms with E-state index in [-0.39, 0.29) is 31.3 Å². The van der Waals surface area contributed by atoms with Gasteiger partial charge in [-0.1, -0.05) is 109 Å². The van der Waals surface area contributed by atoms with E-state index >= 15 is 0 Å². The molecule has 56 heavy (non-hydrogen) atoms. The zero-order valence-electron chi connectivity index (χ0n) is 33.0. The van der Waals surface area contributed by atoms with Gasteiger partial charge in [0.2, 0.25) is 0 Å². The number of aromatic nitrogens is 4.